The van der Waals surface area contributed by atoms with Crippen LogP contribution in [0.4, 0.5) is 0 Å². The van der Waals surface area contributed by atoms with Crippen LogP contribution in [-0.4, -0.2) is 5.78 Å². The molecule has 2 aromatic carbocycles. The molecule has 4 aliphatic rings. The summed E-state index contributed by atoms with van der Waals surface area (Å²) >= 11 is 11.0. The number of hydrogen-bond acceptors (Lipinski definition) is 7. The number of rotatable bonds is 8. The fraction of sp³-hybridized carbons (Fsp3) is 0.140. The van der Waals surface area contributed by atoms with Crippen LogP contribution in [0.2, 0.25) is 0 Å². The van der Waals surface area contributed by atoms with Gasteiger partial charge < -0.3 is 0 Å². The molecule has 2 atom stereocenters. The van der Waals surface area contributed by atoms with Crippen LogP contribution in [0.1, 0.15) is 54.7 Å². The van der Waals surface area contributed by atoms with Gasteiger partial charge in [-0.25, -0.2) is 0 Å². The van der Waals surface area contributed by atoms with E-state index in [1.807, 2.05) is 57.5 Å². The Hall–Kier alpha value is -5.25. The lowest BCUT2D eigenvalue weighted by atomic mass is 9.44. The molecule has 0 spiro atoms. The molecule has 0 unspecified atom stereocenters. The van der Waals surface area contributed by atoms with Crippen molar-refractivity contribution in [1.82, 2.24) is 0 Å². The van der Waals surface area contributed by atoms with Gasteiger partial charge in [0.2, 0.25) is 0 Å². The summed E-state index contributed by atoms with van der Waals surface area (Å²) in [6.07, 6.45) is 14.4. The highest BCUT2D eigenvalue weighted by Crippen LogP contribution is 2.70. The van der Waals surface area contributed by atoms with Gasteiger partial charge in [-0.05, 0) is 157 Å². The van der Waals surface area contributed by atoms with Gasteiger partial charge in [0.05, 0.1) is 0 Å². The fourth-order valence-corrected chi connectivity index (χ4v) is 15.9. The average molecular weight is 935 g/mol. The molecule has 0 aliphatic heterocycles. The molecular weight excluding hydrogens is 893 g/mol. The van der Waals surface area contributed by atoms with E-state index < -0.39 is 10.8 Å². The molecule has 312 valence electrons. The fourth-order valence-electron chi connectivity index (χ4n) is 10.0. The maximum Gasteiger partial charge on any atom is 0.193 e. The Bertz CT molecular complexity index is 3450. The molecule has 0 bridgehead atoms. The molecule has 0 saturated carbocycles. The third kappa shape index (κ3) is 6.27. The van der Waals surface area contributed by atoms with Crippen molar-refractivity contribution in [1.29, 1.82) is 0 Å². The maximum absolute atomic E-state index is 15.0. The van der Waals surface area contributed by atoms with Crippen molar-refractivity contribution in [2.24, 2.45) is 16.2 Å². The molecular formula is C57H42OS6. The Morgan fingerprint density at radius 2 is 1.03 bits per heavy atom. The minimum atomic E-state index is -0.461. The first-order chi connectivity index (χ1) is 31.0. The molecule has 0 N–H and O–H groups in total. The van der Waals surface area contributed by atoms with E-state index in [-0.39, 0.29) is 11.2 Å². The van der Waals surface area contributed by atoms with Crippen LogP contribution in [0.15, 0.2) is 196 Å². The minimum Gasteiger partial charge on any atom is -0.289 e. The third-order valence-corrected chi connectivity index (χ3v) is 20.7. The molecule has 6 heterocycles. The number of thiophene rings is 6. The summed E-state index contributed by atoms with van der Waals surface area (Å²) in [6.45, 7) is 11.9. The van der Waals surface area contributed by atoms with Gasteiger partial charge in [-0.2, -0.15) is 0 Å². The molecule has 1 nitrogen and oxygen atoms in total. The molecule has 12 rings (SSSR count). The number of hydrogen-bond donors (Lipinski definition) is 0. The summed E-state index contributed by atoms with van der Waals surface area (Å²) < 4.78 is 0. The molecule has 0 fully saturated rings. The van der Waals surface area contributed by atoms with Gasteiger partial charge in [0, 0.05) is 70.7 Å². The van der Waals surface area contributed by atoms with Crippen molar-refractivity contribution in [3.8, 4) is 39.0 Å². The summed E-state index contributed by atoms with van der Waals surface area (Å²) in [5.41, 5.74) is 9.34. The van der Waals surface area contributed by atoms with Gasteiger partial charge in [0.25, 0.3) is 0 Å². The lowest BCUT2D eigenvalue weighted by Crippen LogP contribution is -2.49. The number of carbonyl (C=O) groups is 1. The van der Waals surface area contributed by atoms with E-state index in [1.54, 1.807) is 22.7 Å². The van der Waals surface area contributed by atoms with E-state index in [0.29, 0.717) is 5.56 Å². The van der Waals surface area contributed by atoms with Crippen molar-refractivity contribution >= 4 is 95.7 Å². The average Bonchev–Trinajstić information content (AvgIpc) is 4.14. The third-order valence-electron chi connectivity index (χ3n) is 13.7. The largest absolute Gasteiger partial charge is 0.289 e. The predicted molar refractivity (Wildman–Crippen MR) is 281 cm³/mol. The van der Waals surface area contributed by atoms with Crippen LogP contribution in [0.5, 0.6) is 0 Å². The monoisotopic (exact) mass is 934 g/mol. The van der Waals surface area contributed by atoms with Gasteiger partial charge in [0.1, 0.15) is 0 Å². The molecule has 64 heavy (non-hydrogen) atoms. The van der Waals surface area contributed by atoms with E-state index in [1.165, 1.54) is 87.8 Å². The van der Waals surface area contributed by atoms with Crippen molar-refractivity contribution in [2.45, 2.75) is 34.6 Å². The number of benzene rings is 2. The Balaban J connectivity index is 1.05. The standard InChI is InChI=1S/C57H42OS6/c1-55(2,3)37-29-39-31-40(44-16-18-50(61-44)52-22-20-48(63-52)46-12-8-24-59-46)42-28-36(54(58)35-15-14-33-10-6-7-11-34(33)26-35)27-38-30-41(43(32-37)57(39,5)56(38,42)4)45-17-19-51(62-45)53-23-21-49(64-53)47-13-9-25-60-47/h6-32H,1-5H3/t56-,57+/m1/s1. The number of fused-ring (bicyclic) bond motifs is 1. The predicted octanol–water partition coefficient (Wildman–Crippen LogP) is 18.3. The maximum atomic E-state index is 15.0. The van der Waals surface area contributed by atoms with E-state index in [9.17, 15) is 4.79 Å². The van der Waals surface area contributed by atoms with Gasteiger partial charge >= 0.3 is 0 Å². The lowest BCUT2D eigenvalue weighted by Gasteiger charge is -2.58. The lowest BCUT2D eigenvalue weighted by molar-refractivity contribution is 0.103. The van der Waals surface area contributed by atoms with Crippen LogP contribution in [0.3, 0.4) is 0 Å². The molecule has 7 heteroatoms. The Labute approximate surface area is 398 Å². The first kappa shape index (κ1) is 40.3. The zero-order valence-corrected chi connectivity index (χ0v) is 40.8. The Morgan fingerprint density at radius 1 is 0.484 bits per heavy atom. The van der Waals surface area contributed by atoms with Crippen molar-refractivity contribution < 1.29 is 4.79 Å². The number of ketones is 1. The number of carbonyl (C=O) groups excluding carboxylic acids is 1. The second-order valence-electron chi connectivity index (χ2n) is 18.3. The van der Waals surface area contributed by atoms with Gasteiger partial charge in [-0.15, -0.1) is 68.0 Å². The van der Waals surface area contributed by atoms with Crippen LogP contribution in [-0.2, 0) is 0 Å². The SMILES string of the molecule is CC(C)(C)C1=CC2=C(c3ccc(-c4ccc(-c5cccs5)s4)s3)C=C3C=C(C(=O)c4ccc5ccccc5c4)C=C4C(c5ccc(-c6ccc(-c7cccs7)s6)s5)=CC(=C1)[C@]2(C)[C@]34C. The first-order valence-corrected chi connectivity index (χ1v) is 26.6. The summed E-state index contributed by atoms with van der Waals surface area (Å²) in [7, 11) is 0. The number of allylic oxidation sites excluding steroid dienone is 14. The van der Waals surface area contributed by atoms with Gasteiger partial charge in [-0.1, -0.05) is 95.3 Å². The quantitative estimate of drug-likeness (QED) is 0.139. The van der Waals surface area contributed by atoms with Crippen molar-refractivity contribution in [2.75, 3.05) is 0 Å². The topological polar surface area (TPSA) is 17.1 Å². The molecule has 4 aliphatic carbocycles. The zero-order chi connectivity index (χ0) is 43.5. The first-order valence-electron chi connectivity index (χ1n) is 21.5. The molecule has 6 aromatic heterocycles. The number of Topliss-reactive ketones (excluding diaryl/α,β-unsaturated/α-hetero) is 1. The smallest absolute Gasteiger partial charge is 0.193 e. The highest BCUT2D eigenvalue weighted by atomic mass is 32.1. The van der Waals surface area contributed by atoms with Crippen LogP contribution in [0, 0.1) is 16.2 Å². The summed E-state index contributed by atoms with van der Waals surface area (Å²) in [5.74, 6) is 0.0474. The highest BCUT2D eigenvalue weighted by molar-refractivity contribution is 7.27. The molecule has 0 radical (unpaired) electrons. The van der Waals surface area contributed by atoms with E-state index >= 15 is 0 Å². The van der Waals surface area contributed by atoms with Crippen molar-refractivity contribution in [3.63, 3.8) is 0 Å². The Morgan fingerprint density at radius 3 is 1.64 bits per heavy atom. The molecule has 8 aromatic rings. The minimum absolute atomic E-state index is 0.0474. The van der Waals surface area contributed by atoms with Gasteiger partial charge in [-0.3, -0.25) is 4.79 Å². The van der Waals surface area contributed by atoms with Crippen LogP contribution < -0.4 is 0 Å². The second-order valence-corrected chi connectivity index (χ2v) is 24.6. The van der Waals surface area contributed by atoms with E-state index in [0.717, 1.165) is 16.3 Å². The normalized spacial score (nSPS) is 20.3. The summed E-state index contributed by atoms with van der Waals surface area (Å²) in [5, 5.41) is 6.50. The van der Waals surface area contributed by atoms with Gasteiger partial charge in [0.15, 0.2) is 5.78 Å². The molecule has 0 saturated heterocycles. The molecule has 0 amide bonds. The second kappa shape index (κ2) is 14.9. The van der Waals surface area contributed by atoms with Crippen LogP contribution in [0.25, 0.3) is 60.9 Å². The summed E-state index contributed by atoms with van der Waals surface area (Å²) in [4.78, 5) is 27.8. The van der Waals surface area contributed by atoms with Crippen molar-refractivity contribution in [3.05, 3.63) is 211 Å². The van der Waals surface area contributed by atoms with E-state index in [4.69, 9.17) is 0 Å². The highest BCUT2D eigenvalue weighted by Gasteiger charge is 2.59. The van der Waals surface area contributed by atoms with E-state index in [2.05, 4.69) is 185 Å². The zero-order valence-electron chi connectivity index (χ0n) is 35.9. The Kier molecular flexibility index (Phi) is 9.37. The van der Waals surface area contributed by atoms with Crippen LogP contribution >= 0.6 is 68.0 Å². The summed E-state index contributed by atoms with van der Waals surface area (Å²) in [6, 6.07) is 41.4.